The number of amides is 1. The second-order valence-corrected chi connectivity index (χ2v) is 5.20. The molecule has 1 amide bonds. The van der Waals surface area contributed by atoms with Crippen molar-refractivity contribution in [3.8, 4) is 6.07 Å². The summed E-state index contributed by atoms with van der Waals surface area (Å²) in [6.45, 7) is 0. The standard InChI is InChI=1S/C18H15N3O/c1-21-12-14(16-4-2-3-5-17(16)21)10-18(22)20-15-8-6-13(11-19)7-9-15/h2-9,12H,10H2,1H3,(H,20,22). The van der Waals surface area contributed by atoms with E-state index in [2.05, 4.69) is 11.4 Å². The number of anilines is 1. The Morgan fingerprint density at radius 2 is 1.91 bits per heavy atom. The summed E-state index contributed by atoms with van der Waals surface area (Å²) in [5, 5.41) is 12.7. The van der Waals surface area contributed by atoms with Gasteiger partial charge in [0.2, 0.25) is 5.91 Å². The summed E-state index contributed by atoms with van der Waals surface area (Å²) in [7, 11) is 1.98. The third-order valence-corrected chi connectivity index (χ3v) is 3.63. The molecule has 1 heterocycles. The molecule has 0 fully saturated rings. The maximum absolute atomic E-state index is 12.2. The first kappa shape index (κ1) is 13.9. The van der Waals surface area contributed by atoms with Crippen LogP contribution >= 0.6 is 0 Å². The molecule has 0 aliphatic heterocycles. The van der Waals surface area contributed by atoms with Gasteiger partial charge in [0.05, 0.1) is 18.1 Å². The number of rotatable bonds is 3. The number of nitrogens with zero attached hydrogens (tertiary/aromatic N) is 2. The first-order chi connectivity index (χ1) is 10.7. The largest absolute Gasteiger partial charge is 0.350 e. The molecule has 0 bridgehead atoms. The van der Waals surface area contributed by atoms with Crippen LogP contribution < -0.4 is 5.32 Å². The number of carbonyl (C=O) groups excluding carboxylic acids is 1. The van der Waals surface area contributed by atoms with E-state index in [4.69, 9.17) is 5.26 Å². The predicted molar refractivity (Wildman–Crippen MR) is 86.4 cm³/mol. The van der Waals surface area contributed by atoms with Crippen LogP contribution in [0.2, 0.25) is 0 Å². The van der Waals surface area contributed by atoms with E-state index < -0.39 is 0 Å². The van der Waals surface area contributed by atoms with Crippen molar-refractivity contribution < 1.29 is 4.79 Å². The van der Waals surface area contributed by atoms with E-state index in [0.29, 0.717) is 17.7 Å². The van der Waals surface area contributed by atoms with Crippen molar-refractivity contribution in [2.75, 3.05) is 5.32 Å². The van der Waals surface area contributed by atoms with Gasteiger partial charge in [-0.05, 0) is 35.9 Å². The Kier molecular flexibility index (Phi) is 3.63. The zero-order valence-electron chi connectivity index (χ0n) is 12.2. The summed E-state index contributed by atoms with van der Waals surface area (Å²) < 4.78 is 2.03. The minimum Gasteiger partial charge on any atom is -0.350 e. The molecule has 4 nitrogen and oxygen atoms in total. The minimum absolute atomic E-state index is 0.0685. The molecule has 0 atom stereocenters. The number of carbonyl (C=O) groups is 1. The number of benzene rings is 2. The lowest BCUT2D eigenvalue weighted by Crippen LogP contribution is -2.14. The summed E-state index contributed by atoms with van der Waals surface area (Å²) in [5.41, 5.74) is 3.39. The Labute approximate surface area is 128 Å². The van der Waals surface area contributed by atoms with Gasteiger partial charge >= 0.3 is 0 Å². The van der Waals surface area contributed by atoms with E-state index in [1.54, 1.807) is 24.3 Å². The number of nitrogens with one attached hydrogen (secondary N) is 1. The number of hydrogen-bond donors (Lipinski definition) is 1. The molecule has 0 unspecified atom stereocenters. The van der Waals surface area contributed by atoms with Crippen molar-refractivity contribution in [2.45, 2.75) is 6.42 Å². The lowest BCUT2D eigenvalue weighted by atomic mass is 10.1. The average Bonchev–Trinajstić information content (AvgIpc) is 2.85. The molecule has 108 valence electrons. The number of aromatic nitrogens is 1. The fourth-order valence-corrected chi connectivity index (χ4v) is 2.57. The Balaban J connectivity index is 1.77. The van der Waals surface area contributed by atoms with Gasteiger partial charge in [0.15, 0.2) is 0 Å². The summed E-state index contributed by atoms with van der Waals surface area (Å²) in [5.74, 6) is -0.0685. The molecule has 0 aliphatic rings. The van der Waals surface area contributed by atoms with E-state index >= 15 is 0 Å². The normalized spacial score (nSPS) is 10.4. The highest BCUT2D eigenvalue weighted by Gasteiger charge is 2.10. The summed E-state index contributed by atoms with van der Waals surface area (Å²) >= 11 is 0. The van der Waals surface area contributed by atoms with Gasteiger partial charge in [-0.1, -0.05) is 18.2 Å². The maximum atomic E-state index is 12.2. The Hall–Kier alpha value is -3.06. The molecular weight excluding hydrogens is 274 g/mol. The Morgan fingerprint density at radius 3 is 2.64 bits per heavy atom. The second kappa shape index (κ2) is 5.74. The molecule has 2 aromatic carbocycles. The number of aryl methyl sites for hydroxylation is 1. The van der Waals surface area contributed by atoms with Crippen LogP contribution in [0.1, 0.15) is 11.1 Å². The highest BCUT2D eigenvalue weighted by molar-refractivity contribution is 5.95. The summed E-state index contributed by atoms with van der Waals surface area (Å²) in [6.07, 6.45) is 2.31. The fraction of sp³-hybridized carbons (Fsp3) is 0.111. The highest BCUT2D eigenvalue weighted by atomic mass is 16.1. The van der Waals surface area contributed by atoms with Crippen molar-refractivity contribution in [1.29, 1.82) is 5.26 Å². The van der Waals surface area contributed by atoms with Gasteiger partial charge in [-0.15, -0.1) is 0 Å². The number of para-hydroxylation sites is 1. The number of fused-ring (bicyclic) bond motifs is 1. The third kappa shape index (κ3) is 2.70. The van der Waals surface area contributed by atoms with Gasteiger partial charge in [0, 0.05) is 29.8 Å². The van der Waals surface area contributed by atoms with Crippen LogP contribution in [0, 0.1) is 11.3 Å². The third-order valence-electron chi connectivity index (χ3n) is 3.63. The van der Waals surface area contributed by atoms with Crippen LogP contribution in [0.4, 0.5) is 5.69 Å². The zero-order valence-corrected chi connectivity index (χ0v) is 12.2. The van der Waals surface area contributed by atoms with E-state index in [9.17, 15) is 4.79 Å². The van der Waals surface area contributed by atoms with Crippen LogP contribution in [-0.4, -0.2) is 10.5 Å². The predicted octanol–water partition coefficient (Wildman–Crippen LogP) is 3.23. The molecule has 1 N–H and O–H groups in total. The monoisotopic (exact) mass is 289 g/mol. The SMILES string of the molecule is Cn1cc(CC(=O)Nc2ccc(C#N)cc2)c2ccccc21. The Bertz CT molecular complexity index is 869. The van der Waals surface area contributed by atoms with Crippen LogP contribution in [0.3, 0.4) is 0 Å². The topological polar surface area (TPSA) is 57.8 Å². The van der Waals surface area contributed by atoms with E-state index in [0.717, 1.165) is 16.5 Å². The van der Waals surface area contributed by atoms with E-state index in [-0.39, 0.29) is 5.91 Å². The summed E-state index contributed by atoms with van der Waals surface area (Å²) in [6, 6.07) is 16.9. The number of nitriles is 1. The van der Waals surface area contributed by atoms with Crippen LogP contribution in [0.5, 0.6) is 0 Å². The van der Waals surface area contributed by atoms with Crippen LogP contribution in [0.15, 0.2) is 54.7 Å². The molecular formula is C18H15N3O. The highest BCUT2D eigenvalue weighted by Crippen LogP contribution is 2.21. The molecule has 4 heteroatoms. The van der Waals surface area contributed by atoms with E-state index in [1.165, 1.54) is 0 Å². The lowest BCUT2D eigenvalue weighted by Gasteiger charge is -2.04. The zero-order chi connectivity index (χ0) is 15.5. The first-order valence-electron chi connectivity index (χ1n) is 7.00. The van der Waals surface area contributed by atoms with Crippen LogP contribution in [0.25, 0.3) is 10.9 Å². The molecule has 3 aromatic rings. The van der Waals surface area contributed by atoms with Gasteiger partial charge in [0.1, 0.15) is 0 Å². The Morgan fingerprint density at radius 1 is 1.18 bits per heavy atom. The molecule has 1 aromatic heterocycles. The average molecular weight is 289 g/mol. The van der Waals surface area contributed by atoms with Crippen molar-refractivity contribution >= 4 is 22.5 Å². The van der Waals surface area contributed by atoms with Crippen molar-refractivity contribution in [3.63, 3.8) is 0 Å². The molecule has 0 radical (unpaired) electrons. The van der Waals surface area contributed by atoms with Crippen molar-refractivity contribution in [1.82, 2.24) is 4.57 Å². The molecule has 0 saturated carbocycles. The molecule has 22 heavy (non-hydrogen) atoms. The molecule has 0 spiro atoms. The van der Waals surface area contributed by atoms with Gasteiger partial charge in [0.25, 0.3) is 0 Å². The maximum Gasteiger partial charge on any atom is 0.228 e. The van der Waals surface area contributed by atoms with Crippen molar-refractivity contribution in [2.24, 2.45) is 7.05 Å². The van der Waals surface area contributed by atoms with Crippen LogP contribution in [-0.2, 0) is 18.3 Å². The molecule has 0 saturated heterocycles. The van der Waals surface area contributed by atoms with E-state index in [1.807, 2.05) is 42.1 Å². The summed E-state index contributed by atoms with van der Waals surface area (Å²) in [4.78, 5) is 12.2. The molecule has 0 aliphatic carbocycles. The van der Waals surface area contributed by atoms with Gasteiger partial charge in [-0.3, -0.25) is 4.79 Å². The molecule has 3 rings (SSSR count). The fourth-order valence-electron chi connectivity index (χ4n) is 2.57. The smallest absolute Gasteiger partial charge is 0.228 e. The quantitative estimate of drug-likeness (QED) is 0.804. The van der Waals surface area contributed by atoms with Crippen molar-refractivity contribution in [3.05, 3.63) is 65.9 Å². The number of hydrogen-bond acceptors (Lipinski definition) is 2. The van der Waals surface area contributed by atoms with Gasteiger partial charge < -0.3 is 9.88 Å². The second-order valence-electron chi connectivity index (χ2n) is 5.20. The van der Waals surface area contributed by atoms with Gasteiger partial charge in [-0.25, -0.2) is 0 Å². The lowest BCUT2D eigenvalue weighted by molar-refractivity contribution is -0.115. The first-order valence-corrected chi connectivity index (χ1v) is 7.00. The minimum atomic E-state index is -0.0685. The van der Waals surface area contributed by atoms with Gasteiger partial charge in [-0.2, -0.15) is 5.26 Å².